The van der Waals surface area contributed by atoms with Gasteiger partial charge in [0.05, 0.1) is 28.7 Å². The molecular formula is C32H31N5O5S. The normalized spacial score (nSPS) is 14.0. The van der Waals surface area contributed by atoms with Gasteiger partial charge in [0.1, 0.15) is 0 Å². The van der Waals surface area contributed by atoms with Gasteiger partial charge in [-0.2, -0.15) is 0 Å². The van der Waals surface area contributed by atoms with E-state index >= 15 is 0 Å². The van der Waals surface area contributed by atoms with Crippen molar-refractivity contribution in [3.63, 3.8) is 0 Å². The molecule has 43 heavy (non-hydrogen) atoms. The minimum absolute atomic E-state index is 0.0229. The summed E-state index contributed by atoms with van der Waals surface area (Å²) in [4.78, 5) is 59.6. The number of carboxylic acid groups (broad SMARTS) is 1. The first-order chi connectivity index (χ1) is 20.9. The van der Waals surface area contributed by atoms with E-state index in [1.165, 1.54) is 17.5 Å². The zero-order chi connectivity index (χ0) is 30.2. The lowest BCUT2D eigenvalue weighted by atomic mass is 10.0. The van der Waals surface area contributed by atoms with Gasteiger partial charge in [-0.15, -0.1) is 11.3 Å². The first-order valence-corrected chi connectivity index (χ1v) is 14.8. The third-order valence-electron chi connectivity index (χ3n) is 7.17. The molecule has 3 heterocycles. The summed E-state index contributed by atoms with van der Waals surface area (Å²) in [7, 11) is 0. The predicted molar refractivity (Wildman–Crippen MR) is 165 cm³/mol. The van der Waals surface area contributed by atoms with Crippen LogP contribution in [0.5, 0.6) is 0 Å². The Balaban J connectivity index is 1.39. The summed E-state index contributed by atoms with van der Waals surface area (Å²) in [5, 5.41) is 17.0. The highest BCUT2D eigenvalue weighted by molar-refractivity contribution is 7.12. The van der Waals surface area contributed by atoms with Crippen LogP contribution in [0.25, 0.3) is 0 Å². The molecule has 0 spiro atoms. The van der Waals surface area contributed by atoms with E-state index in [1.54, 1.807) is 48.7 Å². The number of carboxylic acids is 1. The van der Waals surface area contributed by atoms with Gasteiger partial charge in [-0.1, -0.05) is 30.3 Å². The molecule has 2 aromatic carbocycles. The molecular weight excluding hydrogens is 566 g/mol. The van der Waals surface area contributed by atoms with Crippen molar-refractivity contribution in [2.24, 2.45) is 0 Å². The van der Waals surface area contributed by atoms with Crippen LogP contribution >= 0.6 is 11.3 Å². The topological polar surface area (TPSA) is 132 Å². The molecule has 3 N–H and O–H groups in total. The van der Waals surface area contributed by atoms with Crippen molar-refractivity contribution < 1.29 is 24.3 Å². The number of pyridine rings is 1. The summed E-state index contributed by atoms with van der Waals surface area (Å²) in [5.74, 6) is -1.87. The third kappa shape index (κ3) is 7.44. The SMILES string of the molecule is O=C(O)CC(NC(=O)c1ccc(N2CCCN(C(=O)c3ccccc3)CC2)c(NC(=O)c2cccs2)c1)c1cccnc1. The van der Waals surface area contributed by atoms with E-state index in [2.05, 4.69) is 20.5 Å². The van der Waals surface area contributed by atoms with Gasteiger partial charge in [-0.25, -0.2) is 0 Å². The highest BCUT2D eigenvalue weighted by atomic mass is 32.1. The summed E-state index contributed by atoms with van der Waals surface area (Å²) in [6, 6.07) is 20.3. The number of benzene rings is 2. The number of carbonyl (C=O) groups excluding carboxylic acids is 3. The van der Waals surface area contributed by atoms with Crippen LogP contribution in [0, 0.1) is 0 Å². The Hall–Kier alpha value is -5.03. The molecule has 11 heteroatoms. The smallest absolute Gasteiger partial charge is 0.305 e. The van der Waals surface area contributed by atoms with E-state index < -0.39 is 17.9 Å². The number of thiophene rings is 1. The van der Waals surface area contributed by atoms with E-state index in [-0.39, 0.29) is 23.8 Å². The Labute approximate surface area is 253 Å². The predicted octanol–water partition coefficient (Wildman–Crippen LogP) is 4.69. The highest BCUT2D eigenvalue weighted by Crippen LogP contribution is 2.30. The second-order valence-electron chi connectivity index (χ2n) is 10.1. The van der Waals surface area contributed by atoms with Crippen molar-refractivity contribution >= 4 is 46.4 Å². The lowest BCUT2D eigenvalue weighted by molar-refractivity contribution is -0.137. The molecule has 0 radical (unpaired) electrons. The van der Waals surface area contributed by atoms with Crippen LogP contribution in [0.15, 0.2) is 90.6 Å². The molecule has 5 rings (SSSR count). The number of nitrogens with one attached hydrogen (secondary N) is 2. The first-order valence-electron chi connectivity index (χ1n) is 13.9. The molecule has 1 fully saturated rings. The Bertz CT molecular complexity index is 1580. The van der Waals surface area contributed by atoms with Gasteiger partial charge in [-0.3, -0.25) is 24.2 Å². The fraction of sp³-hybridized carbons (Fsp3) is 0.219. The van der Waals surface area contributed by atoms with Gasteiger partial charge in [0.2, 0.25) is 0 Å². The van der Waals surface area contributed by atoms with E-state index in [9.17, 15) is 24.3 Å². The first kappa shape index (κ1) is 29.5. The van der Waals surface area contributed by atoms with E-state index in [4.69, 9.17) is 0 Å². The number of nitrogens with zero attached hydrogens (tertiary/aromatic N) is 3. The second-order valence-corrected chi connectivity index (χ2v) is 11.0. The minimum Gasteiger partial charge on any atom is -0.481 e. The van der Waals surface area contributed by atoms with Crippen molar-refractivity contribution in [1.29, 1.82) is 0 Å². The van der Waals surface area contributed by atoms with Crippen molar-refractivity contribution in [2.45, 2.75) is 18.9 Å². The van der Waals surface area contributed by atoms with Crippen LogP contribution < -0.4 is 15.5 Å². The molecule has 2 aromatic heterocycles. The van der Waals surface area contributed by atoms with Crippen LogP contribution in [-0.4, -0.2) is 64.9 Å². The largest absolute Gasteiger partial charge is 0.481 e. The lowest BCUT2D eigenvalue weighted by Crippen LogP contribution is -2.35. The molecule has 1 aliphatic rings. The van der Waals surface area contributed by atoms with E-state index in [1.807, 2.05) is 40.6 Å². The number of aromatic nitrogens is 1. The van der Waals surface area contributed by atoms with Gasteiger partial charge < -0.3 is 25.5 Å². The van der Waals surface area contributed by atoms with E-state index in [0.717, 1.165) is 12.1 Å². The summed E-state index contributed by atoms with van der Waals surface area (Å²) in [5.41, 5.74) is 2.65. The minimum atomic E-state index is -1.06. The number of anilines is 2. The average molecular weight is 598 g/mol. The van der Waals surface area contributed by atoms with Crippen LogP contribution in [0.1, 0.15) is 54.8 Å². The molecule has 1 aliphatic heterocycles. The average Bonchev–Trinajstić information content (AvgIpc) is 3.46. The van der Waals surface area contributed by atoms with Crippen LogP contribution in [0.2, 0.25) is 0 Å². The molecule has 220 valence electrons. The van der Waals surface area contributed by atoms with Gasteiger partial charge >= 0.3 is 5.97 Å². The maximum absolute atomic E-state index is 13.4. The van der Waals surface area contributed by atoms with Crippen LogP contribution in [0.3, 0.4) is 0 Å². The number of amides is 3. The summed E-state index contributed by atoms with van der Waals surface area (Å²) < 4.78 is 0. The Morgan fingerprint density at radius 3 is 2.44 bits per heavy atom. The maximum atomic E-state index is 13.4. The van der Waals surface area contributed by atoms with Gasteiger partial charge in [0.15, 0.2) is 0 Å². The fourth-order valence-corrected chi connectivity index (χ4v) is 5.64. The summed E-state index contributed by atoms with van der Waals surface area (Å²) >= 11 is 1.31. The van der Waals surface area contributed by atoms with E-state index in [0.29, 0.717) is 47.9 Å². The fourth-order valence-electron chi connectivity index (χ4n) is 5.02. The van der Waals surface area contributed by atoms with Gasteiger partial charge in [0, 0.05) is 49.7 Å². The standard InChI is InChI=1S/C32H31N5O5S/c38-29(39)20-25(24-9-4-13-33-21-24)34-30(40)23-11-12-27(26(19-23)35-31(41)28-10-5-18-43-28)36-14-6-15-37(17-16-36)32(42)22-7-2-1-3-8-22/h1-5,7-13,18-19,21,25H,6,14-17,20H2,(H,34,40)(H,35,41)(H,38,39). The van der Waals surface area contributed by atoms with Gasteiger partial charge in [0.25, 0.3) is 17.7 Å². The zero-order valence-electron chi connectivity index (χ0n) is 23.3. The van der Waals surface area contributed by atoms with Crippen LogP contribution in [0.4, 0.5) is 11.4 Å². The molecule has 1 unspecified atom stereocenters. The van der Waals surface area contributed by atoms with Crippen molar-refractivity contribution in [3.05, 3.63) is 112 Å². The molecule has 1 atom stereocenters. The monoisotopic (exact) mass is 597 g/mol. The zero-order valence-corrected chi connectivity index (χ0v) is 24.1. The Kier molecular flexibility index (Phi) is 9.42. The lowest BCUT2D eigenvalue weighted by Gasteiger charge is -2.26. The molecule has 1 saturated heterocycles. The molecule has 3 amide bonds. The number of hydrogen-bond donors (Lipinski definition) is 3. The quantitative estimate of drug-likeness (QED) is 0.255. The molecule has 0 aliphatic carbocycles. The Morgan fingerprint density at radius 1 is 0.884 bits per heavy atom. The molecule has 10 nitrogen and oxygen atoms in total. The van der Waals surface area contributed by atoms with Crippen LogP contribution in [-0.2, 0) is 4.79 Å². The van der Waals surface area contributed by atoms with Crippen molar-refractivity contribution in [3.8, 4) is 0 Å². The van der Waals surface area contributed by atoms with Crippen molar-refractivity contribution in [1.82, 2.24) is 15.2 Å². The number of rotatable bonds is 9. The number of aliphatic carboxylic acids is 1. The summed E-state index contributed by atoms with van der Waals surface area (Å²) in [6.45, 7) is 2.28. The Morgan fingerprint density at radius 2 is 1.72 bits per heavy atom. The summed E-state index contributed by atoms with van der Waals surface area (Å²) in [6.07, 6.45) is 3.50. The number of hydrogen-bond acceptors (Lipinski definition) is 7. The molecule has 0 saturated carbocycles. The third-order valence-corrected chi connectivity index (χ3v) is 8.04. The van der Waals surface area contributed by atoms with Gasteiger partial charge in [-0.05, 0) is 59.8 Å². The molecule has 4 aromatic rings. The molecule has 0 bridgehead atoms. The van der Waals surface area contributed by atoms with Crippen molar-refractivity contribution in [2.75, 3.05) is 36.4 Å². The second kappa shape index (κ2) is 13.8. The highest BCUT2D eigenvalue weighted by Gasteiger charge is 2.24. The number of carbonyl (C=O) groups is 4. The maximum Gasteiger partial charge on any atom is 0.305 e.